The van der Waals surface area contributed by atoms with Crippen molar-refractivity contribution in [2.45, 2.75) is 32.8 Å². The molecule has 5 nitrogen and oxygen atoms in total. The molecule has 0 aromatic rings. The maximum atomic E-state index is 11.6. The summed E-state index contributed by atoms with van der Waals surface area (Å²) in [5.41, 5.74) is -0.846. The Hall–Kier alpha value is -0.170. The molecular formula is C9H20N2O3S. The van der Waals surface area contributed by atoms with Gasteiger partial charge < -0.3 is 5.11 Å². The van der Waals surface area contributed by atoms with Gasteiger partial charge in [-0.3, -0.25) is 0 Å². The Morgan fingerprint density at radius 2 is 2.00 bits per heavy atom. The molecule has 0 aromatic carbocycles. The van der Waals surface area contributed by atoms with E-state index in [9.17, 15) is 13.5 Å². The zero-order chi connectivity index (χ0) is 11.7. The van der Waals surface area contributed by atoms with Crippen LogP contribution in [0.15, 0.2) is 0 Å². The van der Waals surface area contributed by atoms with Crippen LogP contribution in [0.4, 0.5) is 0 Å². The van der Waals surface area contributed by atoms with Crippen LogP contribution in [-0.4, -0.2) is 43.1 Å². The molecule has 1 aliphatic heterocycles. The molecule has 0 radical (unpaired) electrons. The molecule has 1 aliphatic rings. The third-order valence-electron chi connectivity index (χ3n) is 2.85. The van der Waals surface area contributed by atoms with Crippen molar-refractivity contribution >= 4 is 10.2 Å². The number of rotatable bonds is 5. The van der Waals surface area contributed by atoms with E-state index in [0.29, 0.717) is 6.54 Å². The van der Waals surface area contributed by atoms with Crippen molar-refractivity contribution in [3.63, 3.8) is 0 Å². The van der Waals surface area contributed by atoms with Crippen molar-refractivity contribution in [3.05, 3.63) is 0 Å². The maximum absolute atomic E-state index is 11.6. The van der Waals surface area contributed by atoms with Crippen molar-refractivity contribution in [3.8, 4) is 0 Å². The first-order valence-electron chi connectivity index (χ1n) is 5.29. The lowest BCUT2D eigenvalue weighted by Crippen LogP contribution is -2.67. The highest BCUT2D eigenvalue weighted by Gasteiger charge is 2.48. The van der Waals surface area contributed by atoms with Gasteiger partial charge in [0.15, 0.2) is 0 Å². The predicted octanol–water partition coefficient (Wildman–Crippen LogP) is -0.0665. The molecule has 2 N–H and O–H groups in total. The second-order valence-corrected chi connectivity index (χ2v) is 6.18. The van der Waals surface area contributed by atoms with E-state index in [4.69, 9.17) is 0 Å². The fourth-order valence-electron chi connectivity index (χ4n) is 1.42. The summed E-state index contributed by atoms with van der Waals surface area (Å²) in [7, 11) is -3.37. The third kappa shape index (κ3) is 2.69. The highest BCUT2D eigenvalue weighted by molar-refractivity contribution is 7.87. The number of nitrogens with one attached hydrogen (secondary N) is 1. The third-order valence-corrected chi connectivity index (χ3v) is 4.36. The molecule has 1 saturated heterocycles. The van der Waals surface area contributed by atoms with E-state index in [0.717, 1.165) is 6.42 Å². The molecule has 1 fully saturated rings. The Labute approximate surface area is 91.7 Å². The Bertz CT molecular complexity index is 307. The number of nitrogens with zero attached hydrogens (tertiary/aromatic N) is 1. The first-order chi connectivity index (χ1) is 6.82. The first-order valence-corrected chi connectivity index (χ1v) is 6.73. The smallest absolute Gasteiger partial charge is 0.279 e. The lowest BCUT2D eigenvalue weighted by molar-refractivity contribution is -0.0936. The van der Waals surface area contributed by atoms with Gasteiger partial charge in [0.2, 0.25) is 0 Å². The molecule has 0 aliphatic carbocycles. The average molecular weight is 236 g/mol. The van der Waals surface area contributed by atoms with Crippen LogP contribution < -0.4 is 4.72 Å². The van der Waals surface area contributed by atoms with Gasteiger partial charge in [0.25, 0.3) is 10.2 Å². The Kier molecular flexibility index (Phi) is 3.76. The highest BCUT2D eigenvalue weighted by Crippen LogP contribution is 2.29. The molecule has 90 valence electrons. The first kappa shape index (κ1) is 12.9. The van der Waals surface area contributed by atoms with Gasteiger partial charge in [-0.2, -0.15) is 12.7 Å². The van der Waals surface area contributed by atoms with E-state index in [1.807, 2.05) is 20.8 Å². The van der Waals surface area contributed by atoms with Crippen molar-refractivity contribution in [1.29, 1.82) is 0 Å². The number of hydrogen-bond donors (Lipinski definition) is 2. The minimum absolute atomic E-state index is 0.0788. The molecule has 0 amide bonds. The molecule has 0 saturated carbocycles. The zero-order valence-corrected chi connectivity index (χ0v) is 10.3. The molecule has 15 heavy (non-hydrogen) atoms. The van der Waals surface area contributed by atoms with E-state index >= 15 is 0 Å². The summed E-state index contributed by atoms with van der Waals surface area (Å²) in [6.45, 7) is 6.53. The van der Waals surface area contributed by atoms with Crippen LogP contribution >= 0.6 is 0 Å². The summed E-state index contributed by atoms with van der Waals surface area (Å²) in [4.78, 5) is 0. The summed E-state index contributed by atoms with van der Waals surface area (Å²) in [5.74, 6) is 0.0788. The minimum atomic E-state index is -3.37. The standard InChI is InChI=1S/C9H20N2O3S/c1-4-5-10-15(13,14)11-6-9(12,7-11)8(2)3/h8,10,12H,4-7H2,1-3H3. The molecule has 0 spiro atoms. The number of hydrogen-bond acceptors (Lipinski definition) is 3. The van der Waals surface area contributed by atoms with Gasteiger partial charge in [-0.05, 0) is 12.3 Å². The van der Waals surface area contributed by atoms with Gasteiger partial charge >= 0.3 is 0 Å². The SMILES string of the molecule is CCCNS(=O)(=O)N1CC(O)(C(C)C)C1. The highest BCUT2D eigenvalue weighted by atomic mass is 32.2. The largest absolute Gasteiger partial charge is 0.387 e. The van der Waals surface area contributed by atoms with E-state index in [-0.39, 0.29) is 19.0 Å². The molecule has 6 heteroatoms. The van der Waals surface area contributed by atoms with E-state index < -0.39 is 15.8 Å². The van der Waals surface area contributed by atoms with Crippen molar-refractivity contribution in [2.75, 3.05) is 19.6 Å². The maximum Gasteiger partial charge on any atom is 0.279 e. The van der Waals surface area contributed by atoms with Gasteiger partial charge in [-0.15, -0.1) is 0 Å². The van der Waals surface area contributed by atoms with E-state index in [2.05, 4.69) is 4.72 Å². The topological polar surface area (TPSA) is 69.6 Å². The van der Waals surface area contributed by atoms with Gasteiger partial charge in [-0.25, -0.2) is 4.72 Å². The molecule has 0 aromatic heterocycles. The summed E-state index contributed by atoms with van der Waals surface area (Å²) >= 11 is 0. The second kappa shape index (κ2) is 4.37. The van der Waals surface area contributed by atoms with Gasteiger partial charge in [0.1, 0.15) is 0 Å². The number of aliphatic hydroxyl groups is 1. The zero-order valence-electron chi connectivity index (χ0n) is 9.52. The summed E-state index contributed by atoms with van der Waals surface area (Å²) in [5, 5.41) is 9.91. The van der Waals surface area contributed by atoms with Gasteiger partial charge in [0, 0.05) is 19.6 Å². The lowest BCUT2D eigenvalue weighted by Gasteiger charge is -2.47. The van der Waals surface area contributed by atoms with Crippen LogP contribution in [0.2, 0.25) is 0 Å². The van der Waals surface area contributed by atoms with Gasteiger partial charge in [-0.1, -0.05) is 20.8 Å². The van der Waals surface area contributed by atoms with Crippen LogP contribution in [0.1, 0.15) is 27.2 Å². The Morgan fingerprint density at radius 1 is 1.47 bits per heavy atom. The molecule has 1 heterocycles. The lowest BCUT2D eigenvalue weighted by atomic mass is 9.85. The van der Waals surface area contributed by atoms with Crippen LogP contribution in [0.3, 0.4) is 0 Å². The van der Waals surface area contributed by atoms with Crippen LogP contribution in [0, 0.1) is 5.92 Å². The molecule has 0 bridgehead atoms. The summed E-state index contributed by atoms with van der Waals surface area (Å²) < 4.78 is 26.9. The minimum Gasteiger partial charge on any atom is -0.387 e. The van der Waals surface area contributed by atoms with Crippen molar-refractivity contribution < 1.29 is 13.5 Å². The summed E-state index contributed by atoms with van der Waals surface area (Å²) in [6.07, 6.45) is 0.765. The monoisotopic (exact) mass is 236 g/mol. The van der Waals surface area contributed by atoms with Gasteiger partial charge in [0.05, 0.1) is 5.60 Å². The molecule has 1 rings (SSSR count). The van der Waals surface area contributed by atoms with Crippen molar-refractivity contribution in [1.82, 2.24) is 9.03 Å². The fourth-order valence-corrected chi connectivity index (χ4v) is 2.85. The van der Waals surface area contributed by atoms with Crippen molar-refractivity contribution in [2.24, 2.45) is 5.92 Å². The summed E-state index contributed by atoms with van der Waals surface area (Å²) in [6, 6.07) is 0. The van der Waals surface area contributed by atoms with E-state index in [1.165, 1.54) is 4.31 Å². The van der Waals surface area contributed by atoms with Crippen LogP contribution in [-0.2, 0) is 10.2 Å². The normalized spacial score (nSPS) is 21.7. The molecule has 0 atom stereocenters. The average Bonchev–Trinajstić information content (AvgIpc) is 2.09. The Morgan fingerprint density at radius 3 is 2.40 bits per heavy atom. The second-order valence-electron chi connectivity index (χ2n) is 4.43. The number of β-amino-alcohol motifs (C(OH)–C–C–N with tert-alkyl or cyclic N) is 1. The molecular weight excluding hydrogens is 216 g/mol. The molecule has 0 unspecified atom stereocenters. The van der Waals surface area contributed by atoms with Crippen LogP contribution in [0.25, 0.3) is 0 Å². The van der Waals surface area contributed by atoms with E-state index in [1.54, 1.807) is 0 Å². The fraction of sp³-hybridized carbons (Fsp3) is 1.00. The quantitative estimate of drug-likeness (QED) is 0.702. The Balaban J connectivity index is 2.51. The predicted molar refractivity (Wildman–Crippen MR) is 58.6 cm³/mol. The van der Waals surface area contributed by atoms with Crippen LogP contribution in [0.5, 0.6) is 0 Å².